The molecule has 0 unspecified atom stereocenters. The van der Waals surface area contributed by atoms with E-state index in [1.165, 1.54) is 13.8 Å². The Labute approximate surface area is 138 Å². The van der Waals surface area contributed by atoms with Crippen molar-refractivity contribution in [2.24, 2.45) is 5.92 Å². The first-order chi connectivity index (χ1) is 11.0. The molecule has 4 N–H and O–H groups in total. The van der Waals surface area contributed by atoms with E-state index < -0.39 is 0 Å². The van der Waals surface area contributed by atoms with E-state index >= 15 is 0 Å². The van der Waals surface area contributed by atoms with E-state index in [2.05, 4.69) is 15.0 Å². The molecule has 0 bridgehead atoms. The first kappa shape index (κ1) is 19.3. The predicted molar refractivity (Wildman–Crippen MR) is 84.7 cm³/mol. The number of imidazole rings is 1. The van der Waals surface area contributed by atoms with Crippen LogP contribution in [0.4, 0.5) is 5.95 Å². The molecule has 0 spiro atoms. The zero-order valence-electron chi connectivity index (χ0n) is 13.6. The quantitative estimate of drug-likeness (QED) is 0.675. The Morgan fingerprint density at radius 1 is 1.21 bits per heavy atom. The summed E-state index contributed by atoms with van der Waals surface area (Å²) in [4.78, 5) is 34.2. The van der Waals surface area contributed by atoms with Crippen LogP contribution in [0, 0.1) is 5.92 Å². The average Bonchev–Trinajstić information content (AvgIpc) is 2.88. The van der Waals surface area contributed by atoms with Crippen molar-refractivity contribution >= 4 is 29.1 Å². The van der Waals surface area contributed by atoms with Crippen LogP contribution in [-0.2, 0) is 25.6 Å². The smallest absolute Gasteiger partial charge is 0.302 e. The molecule has 0 saturated carbocycles. The maximum Gasteiger partial charge on any atom is 0.302 e. The second kappa shape index (κ2) is 8.77. The molecule has 2 aromatic heterocycles. The number of rotatable bonds is 7. The van der Waals surface area contributed by atoms with Gasteiger partial charge in [0.05, 0.1) is 25.7 Å². The van der Waals surface area contributed by atoms with Crippen molar-refractivity contribution in [3.8, 4) is 0 Å². The van der Waals surface area contributed by atoms with Crippen LogP contribution in [-0.4, -0.2) is 50.1 Å². The summed E-state index contributed by atoms with van der Waals surface area (Å²) in [7, 11) is 0. The fraction of sp³-hybridized carbons (Fsp3) is 0.500. The van der Waals surface area contributed by atoms with Gasteiger partial charge < -0.3 is 25.3 Å². The Bertz CT molecular complexity index is 684. The number of fused-ring (bicyclic) bond motifs is 1. The highest BCUT2D eigenvalue weighted by Crippen LogP contribution is 2.13. The Morgan fingerprint density at radius 2 is 1.83 bits per heavy atom. The average molecular weight is 339 g/mol. The number of nitrogen functional groups attached to an aromatic ring is 1. The lowest BCUT2D eigenvalue weighted by atomic mass is 10.1. The molecule has 2 heterocycles. The molecule has 2 aromatic rings. The monoisotopic (exact) mass is 339 g/mol. The number of nitrogens with two attached hydrogens (primary N) is 1. The van der Waals surface area contributed by atoms with Gasteiger partial charge >= 0.3 is 11.9 Å². The topological polar surface area (TPSA) is 154 Å². The molecule has 0 aliphatic carbocycles. The molecule has 0 radical (unpaired) electrons. The first-order valence-electron chi connectivity index (χ1n) is 7.15. The van der Waals surface area contributed by atoms with Crippen molar-refractivity contribution in [3.05, 3.63) is 12.5 Å². The minimum Gasteiger partial charge on any atom is -0.465 e. The maximum atomic E-state index is 11.0. The highest BCUT2D eigenvalue weighted by Gasteiger charge is 2.14. The van der Waals surface area contributed by atoms with Crippen molar-refractivity contribution in [2.45, 2.75) is 26.8 Å². The van der Waals surface area contributed by atoms with Gasteiger partial charge in [0.2, 0.25) is 5.95 Å². The third-order valence-electron chi connectivity index (χ3n) is 3.20. The molecule has 0 aromatic carbocycles. The van der Waals surface area contributed by atoms with E-state index in [9.17, 15) is 9.59 Å². The molecule has 2 rings (SSSR count). The fourth-order valence-electron chi connectivity index (χ4n) is 2.04. The van der Waals surface area contributed by atoms with Crippen molar-refractivity contribution in [2.75, 3.05) is 18.9 Å². The second-order valence-corrected chi connectivity index (χ2v) is 5.13. The second-order valence-electron chi connectivity index (χ2n) is 5.13. The zero-order chi connectivity index (χ0) is 16.8. The van der Waals surface area contributed by atoms with Gasteiger partial charge in [0.25, 0.3) is 0 Å². The standard InChI is InChI=1S/C14H19N5O4.H2O/c1-9(20)22-6-11(7-23-10(2)21)3-4-19-8-17-12-5-16-14(15)18-13(12)19;/h5,8,11H,3-4,6-7H2,1-2H3,(H2,15,16,18);1H2. The van der Waals surface area contributed by atoms with Gasteiger partial charge in [0, 0.05) is 26.3 Å². The molecule has 10 nitrogen and oxygen atoms in total. The Kier molecular flexibility index (Phi) is 7.05. The van der Waals surface area contributed by atoms with Gasteiger partial charge in [0.15, 0.2) is 5.65 Å². The van der Waals surface area contributed by atoms with Crippen LogP contribution in [0.25, 0.3) is 11.2 Å². The Balaban J connectivity index is 0.00000288. The molecule has 0 aliphatic rings. The summed E-state index contributed by atoms with van der Waals surface area (Å²) in [6.07, 6.45) is 3.83. The van der Waals surface area contributed by atoms with Gasteiger partial charge in [-0.05, 0) is 6.42 Å². The number of aromatic nitrogens is 4. The highest BCUT2D eigenvalue weighted by molar-refractivity contribution is 5.70. The molecule has 0 atom stereocenters. The summed E-state index contributed by atoms with van der Waals surface area (Å²) < 4.78 is 11.9. The van der Waals surface area contributed by atoms with Crippen LogP contribution in [0.15, 0.2) is 12.5 Å². The van der Waals surface area contributed by atoms with E-state index in [4.69, 9.17) is 15.2 Å². The first-order valence-corrected chi connectivity index (χ1v) is 7.15. The van der Waals surface area contributed by atoms with Gasteiger partial charge in [-0.2, -0.15) is 4.98 Å². The molecule has 24 heavy (non-hydrogen) atoms. The van der Waals surface area contributed by atoms with Crippen molar-refractivity contribution < 1.29 is 24.5 Å². The van der Waals surface area contributed by atoms with Crippen LogP contribution in [0.2, 0.25) is 0 Å². The van der Waals surface area contributed by atoms with Gasteiger partial charge in [-0.3, -0.25) is 9.59 Å². The number of hydrogen-bond acceptors (Lipinski definition) is 8. The molecule has 132 valence electrons. The number of carbonyl (C=O) groups excluding carboxylic acids is 2. The van der Waals surface area contributed by atoms with Gasteiger partial charge in [-0.25, -0.2) is 9.97 Å². The van der Waals surface area contributed by atoms with Gasteiger partial charge in [-0.1, -0.05) is 0 Å². The van der Waals surface area contributed by atoms with Crippen LogP contribution >= 0.6 is 0 Å². The molecule has 0 fully saturated rings. The van der Waals surface area contributed by atoms with Crippen molar-refractivity contribution in [1.82, 2.24) is 19.5 Å². The van der Waals surface area contributed by atoms with Crippen LogP contribution in [0.1, 0.15) is 20.3 Å². The lowest BCUT2D eigenvalue weighted by molar-refractivity contribution is -0.146. The van der Waals surface area contributed by atoms with E-state index in [-0.39, 0.29) is 42.5 Å². The molecular weight excluding hydrogens is 318 g/mol. The lowest BCUT2D eigenvalue weighted by Gasteiger charge is -2.16. The van der Waals surface area contributed by atoms with Crippen LogP contribution in [0.5, 0.6) is 0 Å². The third kappa shape index (κ3) is 5.47. The molecular formula is C14H21N5O5. The fourth-order valence-corrected chi connectivity index (χ4v) is 2.04. The highest BCUT2D eigenvalue weighted by atomic mass is 16.5. The van der Waals surface area contributed by atoms with E-state index in [1.54, 1.807) is 12.5 Å². The zero-order valence-corrected chi connectivity index (χ0v) is 13.6. The lowest BCUT2D eigenvalue weighted by Crippen LogP contribution is -2.21. The van der Waals surface area contributed by atoms with Gasteiger partial charge in [-0.15, -0.1) is 0 Å². The predicted octanol–water partition coefficient (Wildman–Crippen LogP) is -0.284. The summed E-state index contributed by atoms with van der Waals surface area (Å²) in [6.45, 7) is 3.62. The normalized spacial score (nSPS) is 10.5. The summed E-state index contributed by atoms with van der Waals surface area (Å²) >= 11 is 0. The number of ether oxygens (including phenoxy) is 2. The van der Waals surface area contributed by atoms with Gasteiger partial charge in [0.1, 0.15) is 5.52 Å². The molecule has 0 saturated heterocycles. The number of esters is 2. The summed E-state index contributed by atoms with van der Waals surface area (Å²) in [5, 5.41) is 0. The number of aryl methyl sites for hydroxylation is 1. The van der Waals surface area contributed by atoms with Crippen LogP contribution in [0.3, 0.4) is 0 Å². The number of anilines is 1. The van der Waals surface area contributed by atoms with E-state index in [0.29, 0.717) is 24.1 Å². The molecule has 0 aliphatic heterocycles. The maximum absolute atomic E-state index is 11.0. The van der Waals surface area contributed by atoms with E-state index in [1.807, 2.05) is 4.57 Å². The van der Waals surface area contributed by atoms with E-state index in [0.717, 1.165) is 0 Å². The molecule has 0 amide bonds. The Hall–Kier alpha value is -2.75. The third-order valence-corrected chi connectivity index (χ3v) is 3.20. The van der Waals surface area contributed by atoms with Crippen molar-refractivity contribution in [3.63, 3.8) is 0 Å². The summed E-state index contributed by atoms with van der Waals surface area (Å²) in [5.74, 6) is -0.673. The molecule has 10 heteroatoms. The Morgan fingerprint density at radius 3 is 2.42 bits per heavy atom. The van der Waals surface area contributed by atoms with Crippen LogP contribution < -0.4 is 5.73 Å². The summed E-state index contributed by atoms with van der Waals surface area (Å²) in [5.41, 5.74) is 6.88. The minimum absolute atomic E-state index is 0. The largest absolute Gasteiger partial charge is 0.465 e. The van der Waals surface area contributed by atoms with Crippen molar-refractivity contribution in [1.29, 1.82) is 0 Å². The minimum atomic E-state index is -0.369. The number of carbonyl (C=O) groups is 2. The number of nitrogens with zero attached hydrogens (tertiary/aromatic N) is 4. The summed E-state index contributed by atoms with van der Waals surface area (Å²) in [6, 6.07) is 0. The number of hydrogen-bond donors (Lipinski definition) is 1. The SMILES string of the molecule is CC(=O)OCC(CCn1cnc2cnc(N)nc21)COC(C)=O.O.